The van der Waals surface area contributed by atoms with Gasteiger partial charge in [0.15, 0.2) is 17.3 Å². The van der Waals surface area contributed by atoms with Gasteiger partial charge in [0.2, 0.25) is 5.88 Å². The predicted molar refractivity (Wildman–Crippen MR) is 132 cm³/mol. The summed E-state index contributed by atoms with van der Waals surface area (Å²) in [5.74, 6) is -1.11. The molecule has 0 aliphatic carbocycles. The first-order valence-corrected chi connectivity index (χ1v) is 11.0. The third-order valence-electron chi connectivity index (χ3n) is 5.64. The van der Waals surface area contributed by atoms with Crippen molar-refractivity contribution in [2.45, 2.75) is 13.8 Å². The Balaban J connectivity index is 1.39. The van der Waals surface area contributed by atoms with E-state index in [4.69, 9.17) is 4.74 Å². The molecule has 5 aromatic rings. The summed E-state index contributed by atoms with van der Waals surface area (Å²) in [6, 6.07) is 14.3. The van der Waals surface area contributed by atoms with E-state index in [1.165, 1.54) is 24.5 Å². The number of carbonyl (C=O) groups is 1. The van der Waals surface area contributed by atoms with Crippen molar-refractivity contribution >= 4 is 22.6 Å². The second kappa shape index (κ2) is 9.06. The summed E-state index contributed by atoms with van der Waals surface area (Å²) in [5.41, 5.74) is 2.49. The van der Waals surface area contributed by atoms with Crippen LogP contribution < -0.4 is 15.6 Å². The number of hydrogen-bond donors (Lipinski definition) is 1. The van der Waals surface area contributed by atoms with E-state index in [1.54, 1.807) is 35.9 Å². The van der Waals surface area contributed by atoms with Crippen molar-refractivity contribution in [1.29, 1.82) is 0 Å². The van der Waals surface area contributed by atoms with Crippen LogP contribution in [0.15, 0.2) is 71.9 Å². The fourth-order valence-corrected chi connectivity index (χ4v) is 3.73. The average molecular weight is 484 g/mol. The highest BCUT2D eigenvalue weighted by Gasteiger charge is 2.17. The highest BCUT2D eigenvalue weighted by atomic mass is 19.1. The summed E-state index contributed by atoms with van der Waals surface area (Å²) in [6.07, 6.45) is 3.15. The number of halogens is 1. The molecule has 1 amide bonds. The van der Waals surface area contributed by atoms with Crippen LogP contribution in [0.5, 0.6) is 11.6 Å². The minimum absolute atomic E-state index is 0.0448. The molecule has 0 bridgehead atoms. The molecule has 0 atom stereocenters. The Labute approximate surface area is 204 Å². The number of aromatic nitrogens is 5. The van der Waals surface area contributed by atoms with Crippen LogP contribution in [0.2, 0.25) is 0 Å². The Hall–Kier alpha value is -4.86. The summed E-state index contributed by atoms with van der Waals surface area (Å²) in [5, 5.41) is 7.52. The molecule has 2 aromatic carbocycles. The molecule has 0 unspecified atom stereocenters. The molecule has 0 spiro atoms. The number of nitrogens with zero attached hydrogens (tertiary/aromatic N) is 5. The highest BCUT2D eigenvalue weighted by Crippen LogP contribution is 2.30. The van der Waals surface area contributed by atoms with Crippen molar-refractivity contribution in [3.8, 4) is 17.3 Å². The first-order chi connectivity index (χ1) is 17.3. The average Bonchev–Trinajstić information content (AvgIpc) is 3.23. The van der Waals surface area contributed by atoms with E-state index >= 15 is 0 Å². The van der Waals surface area contributed by atoms with Gasteiger partial charge in [-0.1, -0.05) is 17.7 Å². The number of amides is 1. The van der Waals surface area contributed by atoms with Crippen molar-refractivity contribution in [3.05, 3.63) is 100 Å². The minimum Gasteiger partial charge on any atom is -0.435 e. The normalized spacial score (nSPS) is 11.0. The molecule has 0 saturated carbocycles. The summed E-state index contributed by atoms with van der Waals surface area (Å²) < 4.78 is 23.5. The lowest BCUT2D eigenvalue weighted by molar-refractivity contribution is 0.102. The van der Waals surface area contributed by atoms with Gasteiger partial charge in [0.1, 0.15) is 12.0 Å². The molecule has 3 aromatic heterocycles. The summed E-state index contributed by atoms with van der Waals surface area (Å²) in [7, 11) is 1.83. The van der Waals surface area contributed by atoms with Crippen molar-refractivity contribution in [2.24, 2.45) is 7.05 Å². The minimum atomic E-state index is -0.690. The molecule has 1 N–H and O–H groups in total. The zero-order valence-electron chi connectivity index (χ0n) is 19.7. The van der Waals surface area contributed by atoms with E-state index in [-0.39, 0.29) is 28.6 Å². The summed E-state index contributed by atoms with van der Waals surface area (Å²) >= 11 is 0. The molecule has 3 heterocycles. The summed E-state index contributed by atoms with van der Waals surface area (Å²) in [6.45, 7) is 3.55. The molecule has 36 heavy (non-hydrogen) atoms. The zero-order valence-corrected chi connectivity index (χ0v) is 19.7. The van der Waals surface area contributed by atoms with Crippen molar-refractivity contribution in [3.63, 3.8) is 0 Å². The largest absolute Gasteiger partial charge is 0.435 e. The van der Waals surface area contributed by atoms with Gasteiger partial charge in [-0.3, -0.25) is 9.59 Å². The van der Waals surface area contributed by atoms with Gasteiger partial charge in [0.05, 0.1) is 11.1 Å². The molecule has 0 fully saturated rings. The van der Waals surface area contributed by atoms with Gasteiger partial charge >= 0.3 is 0 Å². The smallest absolute Gasteiger partial charge is 0.276 e. The van der Waals surface area contributed by atoms with Crippen LogP contribution in [0, 0.1) is 19.7 Å². The Kier molecular flexibility index (Phi) is 5.77. The fraction of sp³-hybridized carbons (Fsp3) is 0.115. The van der Waals surface area contributed by atoms with E-state index in [0.29, 0.717) is 22.3 Å². The number of nitrogens with one attached hydrogen (secondary N) is 1. The van der Waals surface area contributed by atoms with E-state index in [0.717, 1.165) is 16.3 Å². The lowest BCUT2D eigenvalue weighted by Gasteiger charge is -2.12. The Morgan fingerprint density at radius 3 is 2.56 bits per heavy atom. The van der Waals surface area contributed by atoms with Crippen LogP contribution in [0.4, 0.5) is 10.1 Å². The highest BCUT2D eigenvalue weighted by molar-refractivity contribution is 6.03. The van der Waals surface area contributed by atoms with E-state index in [1.807, 2.05) is 26.1 Å². The van der Waals surface area contributed by atoms with Gasteiger partial charge in [-0.2, -0.15) is 9.78 Å². The van der Waals surface area contributed by atoms with E-state index < -0.39 is 11.7 Å². The molecule has 0 saturated heterocycles. The maximum absolute atomic E-state index is 14.9. The maximum atomic E-state index is 14.9. The number of benzene rings is 2. The fourth-order valence-electron chi connectivity index (χ4n) is 3.73. The number of hydrogen-bond acceptors (Lipinski definition) is 6. The van der Waals surface area contributed by atoms with Crippen molar-refractivity contribution in [1.82, 2.24) is 24.3 Å². The molecule has 9 nitrogen and oxygen atoms in total. The van der Waals surface area contributed by atoms with Gasteiger partial charge in [0, 0.05) is 31.1 Å². The van der Waals surface area contributed by atoms with Crippen LogP contribution in [-0.2, 0) is 7.05 Å². The quantitative estimate of drug-likeness (QED) is 0.399. The SMILES string of the molecule is Cc1ccc(-n2nc(C(=O)Nc3ccc(Oc4ncnc5c4ccn5C)c(F)c3)c(C)cc2=O)cc1. The Bertz CT molecular complexity index is 1670. The summed E-state index contributed by atoms with van der Waals surface area (Å²) in [4.78, 5) is 33.7. The van der Waals surface area contributed by atoms with Crippen LogP contribution in [0.25, 0.3) is 16.7 Å². The molecule has 0 aliphatic heterocycles. The molecule has 180 valence electrons. The number of ether oxygens (including phenoxy) is 1. The molecule has 10 heteroatoms. The number of carbonyl (C=O) groups excluding carboxylic acids is 1. The molecule has 0 radical (unpaired) electrons. The van der Waals surface area contributed by atoms with Crippen LogP contribution in [0.3, 0.4) is 0 Å². The third-order valence-corrected chi connectivity index (χ3v) is 5.64. The number of fused-ring (bicyclic) bond motifs is 1. The lowest BCUT2D eigenvalue weighted by atomic mass is 10.2. The molecule has 5 rings (SSSR count). The zero-order chi connectivity index (χ0) is 25.4. The van der Waals surface area contributed by atoms with E-state index in [2.05, 4.69) is 20.4 Å². The Morgan fingerprint density at radius 1 is 1.03 bits per heavy atom. The van der Waals surface area contributed by atoms with Crippen molar-refractivity contribution in [2.75, 3.05) is 5.32 Å². The third kappa shape index (κ3) is 4.31. The van der Waals surface area contributed by atoms with Gasteiger partial charge in [-0.05, 0) is 49.7 Å². The number of aryl methyl sites for hydroxylation is 3. The maximum Gasteiger partial charge on any atom is 0.276 e. The monoisotopic (exact) mass is 484 g/mol. The predicted octanol–water partition coefficient (Wildman–Crippen LogP) is 4.31. The lowest BCUT2D eigenvalue weighted by Crippen LogP contribution is -2.26. The first-order valence-electron chi connectivity index (χ1n) is 11.0. The van der Waals surface area contributed by atoms with Crippen LogP contribution in [-0.4, -0.2) is 30.2 Å². The second-order valence-corrected chi connectivity index (χ2v) is 8.31. The second-order valence-electron chi connectivity index (χ2n) is 8.31. The van der Waals surface area contributed by atoms with E-state index in [9.17, 15) is 14.0 Å². The topological polar surface area (TPSA) is 104 Å². The standard InChI is InChI=1S/C26H21FN6O3/c1-15-4-7-18(8-5-15)33-22(34)12-16(2)23(31-33)25(35)30-17-6-9-21(20(27)13-17)36-26-19-10-11-32(3)24(19)28-14-29-26/h4-14H,1-3H3,(H,30,35). The van der Waals surface area contributed by atoms with Crippen LogP contribution >= 0.6 is 0 Å². The molecular formula is C26H21FN6O3. The van der Waals surface area contributed by atoms with Crippen molar-refractivity contribution < 1.29 is 13.9 Å². The molecule has 0 aliphatic rings. The Morgan fingerprint density at radius 2 is 1.81 bits per heavy atom. The molecular weight excluding hydrogens is 463 g/mol. The van der Waals surface area contributed by atoms with Gasteiger partial charge in [-0.15, -0.1) is 0 Å². The van der Waals surface area contributed by atoms with Gasteiger partial charge < -0.3 is 14.6 Å². The number of rotatable bonds is 5. The van der Waals surface area contributed by atoms with Crippen LogP contribution in [0.1, 0.15) is 21.6 Å². The number of anilines is 1. The van der Waals surface area contributed by atoms with Gasteiger partial charge in [0.25, 0.3) is 11.5 Å². The first kappa shape index (κ1) is 22.9. The van der Waals surface area contributed by atoms with Gasteiger partial charge in [-0.25, -0.2) is 14.4 Å².